The minimum Gasteiger partial charge on any atom is -0.464 e. The molecule has 1 unspecified atom stereocenters. The topological polar surface area (TPSA) is 75.9 Å². The lowest BCUT2D eigenvalue weighted by Crippen LogP contribution is -2.34. The molecule has 0 bridgehead atoms. The monoisotopic (exact) mass is 283 g/mol. The van der Waals surface area contributed by atoms with Crippen molar-refractivity contribution in [3.8, 4) is 6.07 Å². The normalized spacial score (nSPS) is 13.6. The average molecular weight is 284 g/mol. The Bertz CT molecular complexity index is 427. The highest BCUT2D eigenvalue weighted by Gasteiger charge is 2.40. The molecule has 0 saturated heterocycles. The molecule has 0 aliphatic heterocycles. The maximum atomic E-state index is 11.6. The fourth-order valence-corrected chi connectivity index (χ4v) is 1.24. The Kier molecular flexibility index (Phi) is 3.96. The van der Waals surface area contributed by atoms with E-state index in [1.54, 1.807) is 6.92 Å². The summed E-state index contributed by atoms with van der Waals surface area (Å²) in [7, 11) is 0. The summed E-state index contributed by atoms with van der Waals surface area (Å²) in [5, 5.41) is 9.06. The Morgan fingerprint density at radius 2 is 2.19 bits per heavy atom. The third-order valence-corrected chi connectivity index (χ3v) is 2.38. The van der Waals surface area contributed by atoms with Crippen molar-refractivity contribution >= 4 is 21.9 Å². The summed E-state index contributed by atoms with van der Waals surface area (Å²) in [5.74, 6) is -0.503. The minimum atomic E-state index is -1.46. The number of hydrogen-bond acceptors (Lipinski definition) is 5. The van der Waals surface area contributed by atoms with Crippen LogP contribution >= 0.6 is 15.9 Å². The fourth-order valence-electron chi connectivity index (χ4n) is 1.03. The molecule has 1 rings (SSSR count). The van der Waals surface area contributed by atoms with E-state index in [1.165, 1.54) is 19.3 Å². The van der Waals surface area contributed by atoms with E-state index in [2.05, 4.69) is 25.9 Å². The quantitative estimate of drug-likeness (QED) is 0.788. The number of nitrogens with zero attached hydrogens (tertiary/aromatic N) is 3. The van der Waals surface area contributed by atoms with E-state index in [1.807, 2.05) is 6.07 Å². The number of halogens is 1. The number of carbonyl (C=O) groups excluding carboxylic acids is 1. The van der Waals surface area contributed by atoms with Crippen LogP contribution in [0.5, 0.6) is 0 Å². The van der Waals surface area contributed by atoms with Gasteiger partial charge in [0.05, 0.1) is 17.1 Å². The zero-order valence-corrected chi connectivity index (χ0v) is 10.5. The lowest BCUT2D eigenvalue weighted by Gasteiger charge is -2.17. The van der Waals surface area contributed by atoms with Crippen molar-refractivity contribution < 1.29 is 9.53 Å². The second-order valence-electron chi connectivity index (χ2n) is 3.18. The molecule has 16 heavy (non-hydrogen) atoms. The Hall–Kier alpha value is -1.48. The maximum Gasteiger partial charge on any atom is 0.334 e. The molecule has 84 valence electrons. The third-order valence-electron chi connectivity index (χ3n) is 1.97. The van der Waals surface area contributed by atoms with Gasteiger partial charge in [0.15, 0.2) is 5.82 Å². The Balaban J connectivity index is 3.10. The number of carbonyl (C=O) groups is 1. The highest BCUT2D eigenvalue weighted by molar-refractivity contribution is 9.10. The first-order chi connectivity index (χ1) is 7.54. The van der Waals surface area contributed by atoms with Crippen molar-refractivity contribution in [3.05, 3.63) is 22.7 Å². The van der Waals surface area contributed by atoms with Gasteiger partial charge in [-0.1, -0.05) is 0 Å². The average Bonchev–Trinajstić information content (AvgIpc) is 2.29. The number of esters is 1. The number of hydrogen-bond donors (Lipinski definition) is 0. The van der Waals surface area contributed by atoms with Crippen molar-refractivity contribution in [2.75, 3.05) is 6.61 Å². The van der Waals surface area contributed by atoms with Gasteiger partial charge in [-0.3, -0.25) is 0 Å². The van der Waals surface area contributed by atoms with Crippen LogP contribution in [-0.2, 0) is 14.9 Å². The van der Waals surface area contributed by atoms with E-state index < -0.39 is 11.4 Å². The fraction of sp³-hybridized carbons (Fsp3) is 0.400. The molecule has 0 spiro atoms. The second-order valence-corrected chi connectivity index (χ2v) is 4.10. The van der Waals surface area contributed by atoms with Crippen molar-refractivity contribution in [2.24, 2.45) is 0 Å². The van der Waals surface area contributed by atoms with E-state index in [-0.39, 0.29) is 12.4 Å². The summed E-state index contributed by atoms with van der Waals surface area (Å²) in [6.45, 7) is 3.33. The van der Waals surface area contributed by atoms with E-state index in [0.29, 0.717) is 4.47 Å². The van der Waals surface area contributed by atoms with Crippen LogP contribution in [0.1, 0.15) is 19.7 Å². The van der Waals surface area contributed by atoms with Gasteiger partial charge in [0.25, 0.3) is 0 Å². The third kappa shape index (κ3) is 2.36. The first-order valence-electron chi connectivity index (χ1n) is 4.61. The van der Waals surface area contributed by atoms with E-state index in [4.69, 9.17) is 10.00 Å². The van der Waals surface area contributed by atoms with Crippen LogP contribution in [0.2, 0.25) is 0 Å². The Labute approximate surface area is 102 Å². The van der Waals surface area contributed by atoms with Crippen molar-refractivity contribution in [1.82, 2.24) is 9.97 Å². The van der Waals surface area contributed by atoms with Crippen LogP contribution in [0, 0.1) is 11.3 Å². The van der Waals surface area contributed by atoms with Gasteiger partial charge in [-0.25, -0.2) is 14.8 Å². The van der Waals surface area contributed by atoms with Crippen LogP contribution < -0.4 is 0 Å². The van der Waals surface area contributed by atoms with Crippen LogP contribution in [0.3, 0.4) is 0 Å². The molecule has 0 aromatic carbocycles. The van der Waals surface area contributed by atoms with Crippen molar-refractivity contribution in [2.45, 2.75) is 19.3 Å². The van der Waals surface area contributed by atoms with Gasteiger partial charge in [0.1, 0.15) is 0 Å². The highest BCUT2D eigenvalue weighted by atomic mass is 79.9. The lowest BCUT2D eigenvalue weighted by atomic mass is 9.92. The van der Waals surface area contributed by atoms with E-state index in [0.717, 1.165) is 0 Å². The van der Waals surface area contributed by atoms with Gasteiger partial charge in [-0.2, -0.15) is 5.26 Å². The van der Waals surface area contributed by atoms with Gasteiger partial charge < -0.3 is 4.74 Å². The van der Waals surface area contributed by atoms with Gasteiger partial charge >= 0.3 is 5.97 Å². The molecule has 0 aliphatic rings. The molecule has 1 aromatic rings. The summed E-state index contributed by atoms with van der Waals surface area (Å²) in [6.07, 6.45) is 2.97. The second kappa shape index (κ2) is 5.03. The van der Waals surface area contributed by atoms with Gasteiger partial charge in [-0.05, 0) is 29.8 Å². The van der Waals surface area contributed by atoms with Crippen LogP contribution in [0.4, 0.5) is 0 Å². The molecule has 1 atom stereocenters. The molecular formula is C10H10BrN3O2. The molecule has 0 fully saturated rings. The largest absolute Gasteiger partial charge is 0.464 e. The summed E-state index contributed by atoms with van der Waals surface area (Å²) >= 11 is 3.18. The number of ether oxygens (including phenoxy) is 1. The predicted molar refractivity (Wildman–Crippen MR) is 59.3 cm³/mol. The molecule has 1 heterocycles. The minimum absolute atomic E-state index is 0.136. The molecule has 0 N–H and O–H groups in total. The van der Waals surface area contributed by atoms with Crippen molar-refractivity contribution in [3.63, 3.8) is 0 Å². The van der Waals surface area contributed by atoms with Gasteiger partial charge in [-0.15, -0.1) is 0 Å². The Morgan fingerprint density at radius 1 is 1.62 bits per heavy atom. The van der Waals surface area contributed by atoms with E-state index >= 15 is 0 Å². The predicted octanol–water partition coefficient (Wildman–Crippen LogP) is 1.58. The first kappa shape index (κ1) is 12.6. The highest BCUT2D eigenvalue weighted by Crippen LogP contribution is 2.21. The standard InChI is InChI=1S/C10H10BrN3O2/c1-3-16-9(15)10(2,6-12)8-13-4-7(11)5-14-8/h4-5H,3H2,1-2H3. The van der Waals surface area contributed by atoms with Crippen LogP contribution in [-0.4, -0.2) is 22.5 Å². The molecule has 0 amide bonds. The number of rotatable bonds is 3. The maximum absolute atomic E-state index is 11.6. The lowest BCUT2D eigenvalue weighted by molar-refractivity contribution is -0.147. The number of nitriles is 1. The molecule has 0 radical (unpaired) electrons. The zero-order valence-electron chi connectivity index (χ0n) is 8.90. The SMILES string of the molecule is CCOC(=O)C(C)(C#N)c1ncc(Br)cn1. The summed E-state index contributed by atoms with van der Waals surface area (Å²) in [6, 6.07) is 1.88. The Morgan fingerprint density at radius 3 is 2.62 bits per heavy atom. The summed E-state index contributed by atoms with van der Waals surface area (Å²) in [4.78, 5) is 19.5. The molecule has 6 heteroatoms. The van der Waals surface area contributed by atoms with Crippen molar-refractivity contribution in [1.29, 1.82) is 5.26 Å². The number of aromatic nitrogens is 2. The first-order valence-corrected chi connectivity index (χ1v) is 5.40. The molecule has 0 saturated carbocycles. The van der Waals surface area contributed by atoms with Gasteiger partial charge in [0.2, 0.25) is 5.41 Å². The molecular weight excluding hydrogens is 274 g/mol. The molecule has 5 nitrogen and oxygen atoms in total. The molecule has 1 aromatic heterocycles. The smallest absolute Gasteiger partial charge is 0.334 e. The zero-order chi connectivity index (χ0) is 12.2. The molecule has 0 aliphatic carbocycles. The van der Waals surface area contributed by atoms with E-state index in [9.17, 15) is 4.79 Å². The summed E-state index contributed by atoms with van der Waals surface area (Å²) < 4.78 is 5.51. The van der Waals surface area contributed by atoms with Crippen LogP contribution in [0.25, 0.3) is 0 Å². The van der Waals surface area contributed by atoms with Crippen LogP contribution in [0.15, 0.2) is 16.9 Å². The summed E-state index contributed by atoms with van der Waals surface area (Å²) in [5.41, 5.74) is -1.46. The van der Waals surface area contributed by atoms with Gasteiger partial charge in [0, 0.05) is 12.4 Å².